The molecule has 0 bridgehead atoms. The number of esters is 1. The van der Waals surface area contributed by atoms with E-state index in [2.05, 4.69) is 14.5 Å². The molecule has 0 amide bonds. The van der Waals surface area contributed by atoms with Crippen molar-refractivity contribution in [2.75, 3.05) is 7.11 Å². The van der Waals surface area contributed by atoms with E-state index in [4.69, 9.17) is 5.73 Å². The lowest BCUT2D eigenvalue weighted by atomic mass is 10.2. The van der Waals surface area contributed by atoms with Crippen molar-refractivity contribution in [3.63, 3.8) is 0 Å². The third kappa shape index (κ3) is 4.82. The maximum atomic E-state index is 12.3. The number of nitrogens with zero attached hydrogens (tertiary/aromatic N) is 1. The summed E-state index contributed by atoms with van der Waals surface area (Å²) in [6.07, 6.45) is -5.29. The summed E-state index contributed by atoms with van der Waals surface area (Å²) in [5, 5.41) is 0. The van der Waals surface area contributed by atoms with Crippen LogP contribution >= 0.6 is 22.6 Å². The molecule has 0 unspecified atom stereocenters. The highest BCUT2D eigenvalue weighted by atomic mass is 127. The standard InChI is InChI=1S/C10H10F3IN2O3/c1-18-8(17)3-7-9(19-10(11,12)13)6(14)2-5(4-15)16-7/h2H,3-4,15H2,1H3. The average molecular weight is 390 g/mol. The first kappa shape index (κ1) is 16.0. The zero-order valence-electron chi connectivity index (χ0n) is 9.75. The van der Waals surface area contributed by atoms with Crippen molar-refractivity contribution in [1.82, 2.24) is 4.98 Å². The summed E-state index contributed by atoms with van der Waals surface area (Å²) in [5.41, 5.74) is 5.59. The highest BCUT2D eigenvalue weighted by Crippen LogP contribution is 2.31. The van der Waals surface area contributed by atoms with Crippen LogP contribution in [0.4, 0.5) is 13.2 Å². The minimum absolute atomic E-state index is 0.0382. The van der Waals surface area contributed by atoms with E-state index in [1.165, 1.54) is 6.07 Å². The molecular weight excluding hydrogens is 380 g/mol. The number of hydrogen-bond acceptors (Lipinski definition) is 5. The number of hydrogen-bond donors (Lipinski definition) is 1. The minimum Gasteiger partial charge on any atom is -0.469 e. The Balaban J connectivity index is 3.21. The SMILES string of the molecule is COC(=O)Cc1nc(CN)cc(I)c1OC(F)(F)F. The average Bonchev–Trinajstić information content (AvgIpc) is 2.31. The van der Waals surface area contributed by atoms with Crippen LogP contribution in [0.25, 0.3) is 0 Å². The van der Waals surface area contributed by atoms with Crippen LogP contribution in [-0.2, 0) is 22.5 Å². The molecule has 19 heavy (non-hydrogen) atoms. The van der Waals surface area contributed by atoms with E-state index in [1.807, 2.05) is 0 Å². The van der Waals surface area contributed by atoms with Gasteiger partial charge in [-0.2, -0.15) is 0 Å². The monoisotopic (exact) mass is 390 g/mol. The summed E-state index contributed by atoms with van der Waals surface area (Å²) in [4.78, 5) is 15.0. The molecule has 0 atom stereocenters. The number of carbonyl (C=O) groups excluding carboxylic acids is 1. The van der Waals surface area contributed by atoms with Crippen LogP contribution in [-0.4, -0.2) is 24.4 Å². The Morgan fingerprint density at radius 3 is 2.63 bits per heavy atom. The fourth-order valence-corrected chi connectivity index (χ4v) is 2.04. The predicted molar refractivity (Wildman–Crippen MR) is 67.2 cm³/mol. The summed E-state index contributed by atoms with van der Waals surface area (Å²) in [7, 11) is 1.13. The molecule has 1 aromatic rings. The van der Waals surface area contributed by atoms with Gasteiger partial charge >= 0.3 is 12.3 Å². The molecule has 5 nitrogen and oxygen atoms in total. The van der Waals surface area contributed by atoms with Crippen molar-refractivity contribution >= 4 is 28.6 Å². The van der Waals surface area contributed by atoms with Gasteiger partial charge in [0.1, 0.15) is 0 Å². The number of halogens is 4. The van der Waals surface area contributed by atoms with E-state index in [-0.39, 0.29) is 15.8 Å². The Kier molecular flexibility index (Phi) is 5.35. The molecule has 1 rings (SSSR count). The number of carbonyl (C=O) groups is 1. The van der Waals surface area contributed by atoms with Crippen LogP contribution in [0.5, 0.6) is 5.75 Å². The molecule has 0 aliphatic carbocycles. The molecule has 0 aliphatic rings. The number of ether oxygens (including phenoxy) is 2. The molecule has 1 aromatic heterocycles. The van der Waals surface area contributed by atoms with Crippen LogP contribution in [0.3, 0.4) is 0 Å². The number of nitrogens with two attached hydrogens (primary N) is 1. The van der Waals surface area contributed by atoms with Gasteiger partial charge < -0.3 is 15.2 Å². The van der Waals surface area contributed by atoms with E-state index in [0.717, 1.165) is 7.11 Å². The van der Waals surface area contributed by atoms with Gasteiger partial charge in [0, 0.05) is 6.54 Å². The van der Waals surface area contributed by atoms with Crippen LogP contribution in [0.15, 0.2) is 6.07 Å². The van der Waals surface area contributed by atoms with Gasteiger partial charge in [0.2, 0.25) is 0 Å². The summed E-state index contributed by atoms with van der Waals surface area (Å²) < 4.78 is 45.4. The normalized spacial score (nSPS) is 11.3. The molecular formula is C10H10F3IN2O3. The van der Waals surface area contributed by atoms with Crippen LogP contribution in [0.1, 0.15) is 11.4 Å². The van der Waals surface area contributed by atoms with E-state index < -0.39 is 24.5 Å². The molecule has 0 spiro atoms. The Labute approximate surface area is 120 Å². The van der Waals surface area contributed by atoms with E-state index >= 15 is 0 Å². The Morgan fingerprint density at radius 2 is 2.16 bits per heavy atom. The summed E-state index contributed by atoms with van der Waals surface area (Å²) in [5.74, 6) is -1.22. The molecule has 1 heterocycles. The van der Waals surface area contributed by atoms with Gasteiger partial charge in [-0.1, -0.05) is 0 Å². The van der Waals surface area contributed by atoms with E-state index in [9.17, 15) is 18.0 Å². The number of aromatic nitrogens is 1. The smallest absolute Gasteiger partial charge is 0.469 e. The molecule has 0 saturated carbocycles. The molecule has 106 valence electrons. The predicted octanol–water partition coefficient (Wildman–Crippen LogP) is 1.76. The molecule has 0 aliphatic heterocycles. The Morgan fingerprint density at radius 1 is 1.53 bits per heavy atom. The van der Waals surface area contributed by atoms with Gasteiger partial charge in [0.05, 0.1) is 28.5 Å². The highest BCUT2D eigenvalue weighted by Gasteiger charge is 2.34. The van der Waals surface area contributed by atoms with Crippen LogP contribution < -0.4 is 10.5 Å². The van der Waals surface area contributed by atoms with Crippen molar-refractivity contribution < 1.29 is 27.4 Å². The molecule has 0 aromatic carbocycles. The molecule has 0 fully saturated rings. The fraction of sp³-hybridized carbons (Fsp3) is 0.400. The number of methoxy groups -OCH3 is 1. The zero-order chi connectivity index (χ0) is 14.6. The lowest BCUT2D eigenvalue weighted by molar-refractivity contribution is -0.275. The molecule has 0 saturated heterocycles. The first-order valence-corrected chi connectivity index (χ1v) is 6.05. The lowest BCUT2D eigenvalue weighted by Gasteiger charge is -2.15. The van der Waals surface area contributed by atoms with E-state index in [0.29, 0.717) is 5.69 Å². The van der Waals surface area contributed by atoms with Crippen molar-refractivity contribution in [3.05, 3.63) is 21.0 Å². The van der Waals surface area contributed by atoms with Crippen molar-refractivity contribution in [1.29, 1.82) is 0 Å². The third-order valence-corrected chi connectivity index (χ3v) is 2.82. The molecule has 2 N–H and O–H groups in total. The Hall–Kier alpha value is -1.10. The third-order valence-electron chi connectivity index (χ3n) is 2.02. The number of rotatable bonds is 4. The first-order valence-electron chi connectivity index (χ1n) is 4.97. The summed E-state index contributed by atoms with van der Waals surface area (Å²) in [6, 6.07) is 1.36. The van der Waals surface area contributed by atoms with E-state index in [1.54, 1.807) is 22.6 Å². The second-order valence-electron chi connectivity index (χ2n) is 3.38. The second-order valence-corrected chi connectivity index (χ2v) is 4.54. The lowest BCUT2D eigenvalue weighted by Crippen LogP contribution is -2.21. The molecule has 0 radical (unpaired) electrons. The van der Waals surface area contributed by atoms with Crippen molar-refractivity contribution in [2.45, 2.75) is 19.3 Å². The second kappa shape index (κ2) is 6.37. The maximum absolute atomic E-state index is 12.3. The van der Waals surface area contributed by atoms with Gasteiger partial charge in [0.15, 0.2) is 5.75 Å². The van der Waals surface area contributed by atoms with Gasteiger partial charge in [-0.3, -0.25) is 9.78 Å². The topological polar surface area (TPSA) is 74.4 Å². The highest BCUT2D eigenvalue weighted by molar-refractivity contribution is 14.1. The van der Waals surface area contributed by atoms with Crippen LogP contribution in [0.2, 0.25) is 0 Å². The van der Waals surface area contributed by atoms with Gasteiger partial charge in [-0.25, -0.2) is 0 Å². The molecule has 9 heteroatoms. The van der Waals surface area contributed by atoms with Crippen molar-refractivity contribution in [2.24, 2.45) is 5.73 Å². The number of alkyl halides is 3. The zero-order valence-corrected chi connectivity index (χ0v) is 11.9. The van der Waals surface area contributed by atoms with Gasteiger partial charge in [-0.15, -0.1) is 13.2 Å². The van der Waals surface area contributed by atoms with Crippen LogP contribution in [0, 0.1) is 3.57 Å². The Bertz CT molecular complexity index is 480. The fourth-order valence-electron chi connectivity index (χ4n) is 1.26. The minimum atomic E-state index is -4.86. The largest absolute Gasteiger partial charge is 0.573 e. The quantitative estimate of drug-likeness (QED) is 0.627. The first-order chi connectivity index (χ1) is 8.76. The summed E-state index contributed by atoms with van der Waals surface area (Å²) in [6.45, 7) is 0.0382. The van der Waals surface area contributed by atoms with Gasteiger partial charge in [0.25, 0.3) is 0 Å². The maximum Gasteiger partial charge on any atom is 0.573 e. The van der Waals surface area contributed by atoms with Gasteiger partial charge in [-0.05, 0) is 28.7 Å². The van der Waals surface area contributed by atoms with Crippen molar-refractivity contribution in [3.8, 4) is 5.75 Å². The summed E-state index contributed by atoms with van der Waals surface area (Å²) >= 11 is 1.66. The number of pyridine rings is 1.